The van der Waals surface area contributed by atoms with Crippen LogP contribution in [0.2, 0.25) is 5.15 Å². The molecule has 24 heavy (non-hydrogen) atoms. The Morgan fingerprint density at radius 1 is 1.21 bits per heavy atom. The van der Waals surface area contributed by atoms with Gasteiger partial charge in [0.1, 0.15) is 5.65 Å². The largest absolute Gasteiger partial charge is 0.350 e. The Bertz CT molecular complexity index is 1090. The third-order valence-electron chi connectivity index (χ3n) is 4.40. The predicted octanol–water partition coefficient (Wildman–Crippen LogP) is 2.85. The number of thiazole rings is 1. The van der Waals surface area contributed by atoms with Crippen molar-refractivity contribution < 1.29 is 4.79 Å². The molecule has 0 aromatic carbocycles. The number of hydrogen-bond acceptors (Lipinski definition) is 4. The van der Waals surface area contributed by atoms with E-state index in [0.717, 1.165) is 27.7 Å². The van der Waals surface area contributed by atoms with Gasteiger partial charge in [-0.3, -0.25) is 9.20 Å². The van der Waals surface area contributed by atoms with Gasteiger partial charge in [0.05, 0.1) is 29.5 Å². The van der Waals surface area contributed by atoms with Crippen molar-refractivity contribution in [3.63, 3.8) is 0 Å². The molecule has 1 atom stereocenters. The number of halogens is 1. The van der Waals surface area contributed by atoms with E-state index in [9.17, 15) is 4.79 Å². The molecule has 5 heterocycles. The molecular formula is C16H12ClN5OS. The van der Waals surface area contributed by atoms with Gasteiger partial charge in [-0.15, -0.1) is 11.3 Å². The fourth-order valence-electron chi connectivity index (χ4n) is 3.41. The Morgan fingerprint density at radius 3 is 3.04 bits per heavy atom. The lowest BCUT2D eigenvalue weighted by molar-refractivity contribution is -0.121. The van der Waals surface area contributed by atoms with E-state index in [1.807, 2.05) is 44.8 Å². The van der Waals surface area contributed by atoms with Gasteiger partial charge in [0.15, 0.2) is 10.1 Å². The normalized spacial score (nSPS) is 17.9. The molecule has 0 saturated heterocycles. The van der Waals surface area contributed by atoms with Crippen LogP contribution in [0.4, 0.5) is 0 Å². The molecule has 1 unspecified atom stereocenters. The number of hydrogen-bond donors (Lipinski definition) is 1. The standard InChI is InChI=1S/C16H12ClN5OS/c17-15-14(22-5-6-24-16(22)20-15)9-7-12(23)18-8-10-13(9)21-4-2-1-3-11(21)19-10/h1-6,9H,7-8H2,(H,18,23). The number of aromatic nitrogens is 4. The number of carbonyl (C=O) groups is 1. The highest BCUT2D eigenvalue weighted by molar-refractivity contribution is 7.15. The number of amides is 1. The van der Waals surface area contributed by atoms with E-state index < -0.39 is 0 Å². The maximum Gasteiger partial charge on any atom is 0.221 e. The van der Waals surface area contributed by atoms with Crippen LogP contribution in [0, 0.1) is 0 Å². The summed E-state index contributed by atoms with van der Waals surface area (Å²) >= 11 is 7.97. The van der Waals surface area contributed by atoms with Gasteiger partial charge < -0.3 is 9.72 Å². The fourth-order valence-corrected chi connectivity index (χ4v) is 4.49. The topological polar surface area (TPSA) is 63.7 Å². The molecule has 0 saturated carbocycles. The molecule has 8 heteroatoms. The highest BCUT2D eigenvalue weighted by Crippen LogP contribution is 2.37. The molecule has 6 nitrogen and oxygen atoms in total. The third kappa shape index (κ3) is 1.91. The lowest BCUT2D eigenvalue weighted by atomic mass is 9.96. The second-order valence-electron chi connectivity index (χ2n) is 5.75. The number of carbonyl (C=O) groups excluding carboxylic acids is 1. The summed E-state index contributed by atoms with van der Waals surface area (Å²) in [7, 11) is 0. The summed E-state index contributed by atoms with van der Waals surface area (Å²) in [5, 5.41) is 5.34. The van der Waals surface area contributed by atoms with E-state index >= 15 is 0 Å². The first-order valence-corrected chi connectivity index (χ1v) is 8.81. The molecule has 4 aromatic rings. The summed E-state index contributed by atoms with van der Waals surface area (Å²) in [5.41, 5.74) is 3.58. The second-order valence-corrected chi connectivity index (χ2v) is 6.98. The highest BCUT2D eigenvalue weighted by Gasteiger charge is 2.32. The first-order valence-electron chi connectivity index (χ1n) is 7.56. The molecule has 5 rings (SSSR count). The maximum absolute atomic E-state index is 12.3. The summed E-state index contributed by atoms with van der Waals surface area (Å²) in [4.78, 5) is 22.2. The number of pyridine rings is 1. The Kier molecular flexibility index (Phi) is 2.95. The third-order valence-corrected chi connectivity index (χ3v) is 5.43. The van der Waals surface area contributed by atoms with Crippen LogP contribution in [0.5, 0.6) is 0 Å². The molecule has 0 radical (unpaired) electrons. The van der Waals surface area contributed by atoms with Gasteiger partial charge >= 0.3 is 0 Å². The molecule has 0 fully saturated rings. The first kappa shape index (κ1) is 14.0. The summed E-state index contributed by atoms with van der Waals surface area (Å²) < 4.78 is 4.02. The van der Waals surface area contributed by atoms with Crippen molar-refractivity contribution in [2.75, 3.05) is 0 Å². The van der Waals surface area contributed by atoms with Crippen LogP contribution in [-0.4, -0.2) is 24.7 Å². The van der Waals surface area contributed by atoms with Crippen molar-refractivity contribution in [3.8, 4) is 0 Å². The number of imidazole rings is 2. The van der Waals surface area contributed by atoms with E-state index in [1.165, 1.54) is 11.3 Å². The first-order chi connectivity index (χ1) is 11.7. The minimum absolute atomic E-state index is 0.0103. The minimum atomic E-state index is -0.197. The van der Waals surface area contributed by atoms with Crippen LogP contribution in [-0.2, 0) is 11.3 Å². The zero-order valence-electron chi connectivity index (χ0n) is 12.4. The molecule has 0 bridgehead atoms. The minimum Gasteiger partial charge on any atom is -0.350 e. The molecular weight excluding hydrogens is 346 g/mol. The van der Waals surface area contributed by atoms with Gasteiger partial charge in [0.25, 0.3) is 0 Å². The van der Waals surface area contributed by atoms with E-state index in [2.05, 4.69) is 15.3 Å². The van der Waals surface area contributed by atoms with Gasteiger partial charge in [-0.2, -0.15) is 0 Å². The van der Waals surface area contributed by atoms with Crippen molar-refractivity contribution >= 4 is 39.5 Å². The molecule has 0 spiro atoms. The molecule has 0 aliphatic carbocycles. The van der Waals surface area contributed by atoms with Gasteiger partial charge in [-0.25, -0.2) is 9.97 Å². The average molecular weight is 358 g/mol. The quantitative estimate of drug-likeness (QED) is 0.569. The van der Waals surface area contributed by atoms with Gasteiger partial charge in [0.2, 0.25) is 5.91 Å². The number of nitrogens with zero attached hydrogens (tertiary/aromatic N) is 4. The van der Waals surface area contributed by atoms with Gasteiger partial charge in [-0.05, 0) is 12.1 Å². The lowest BCUT2D eigenvalue weighted by Crippen LogP contribution is -2.22. The van der Waals surface area contributed by atoms with Crippen molar-refractivity contribution in [1.82, 2.24) is 24.1 Å². The zero-order chi connectivity index (χ0) is 16.3. The Morgan fingerprint density at radius 2 is 2.12 bits per heavy atom. The Balaban J connectivity index is 1.83. The number of nitrogens with one attached hydrogen (secondary N) is 1. The monoisotopic (exact) mass is 357 g/mol. The van der Waals surface area contributed by atoms with E-state index in [-0.39, 0.29) is 11.8 Å². The Labute approximate surface area is 145 Å². The van der Waals surface area contributed by atoms with Crippen LogP contribution in [0.1, 0.15) is 29.4 Å². The predicted molar refractivity (Wildman–Crippen MR) is 91.6 cm³/mol. The molecule has 120 valence electrons. The SMILES string of the molecule is O=C1CC(c2c(Cl)nc3sccn23)c2c(nc3ccccn23)CN1. The molecule has 4 aromatic heterocycles. The van der Waals surface area contributed by atoms with Crippen molar-refractivity contribution in [3.05, 3.63) is 58.2 Å². The summed E-state index contributed by atoms with van der Waals surface area (Å²) in [6.45, 7) is 0.426. The van der Waals surface area contributed by atoms with Crippen molar-refractivity contribution in [2.45, 2.75) is 18.9 Å². The molecule has 1 N–H and O–H groups in total. The molecule has 1 aliphatic heterocycles. The van der Waals surface area contributed by atoms with Crippen LogP contribution in [0.15, 0.2) is 36.0 Å². The lowest BCUT2D eigenvalue weighted by Gasteiger charge is -2.15. The van der Waals surface area contributed by atoms with Crippen LogP contribution < -0.4 is 5.32 Å². The summed E-state index contributed by atoms with van der Waals surface area (Å²) in [5.74, 6) is -0.207. The zero-order valence-corrected chi connectivity index (χ0v) is 14.0. The van der Waals surface area contributed by atoms with Crippen LogP contribution in [0.25, 0.3) is 10.6 Å². The smallest absolute Gasteiger partial charge is 0.221 e. The van der Waals surface area contributed by atoms with E-state index in [1.54, 1.807) is 0 Å². The van der Waals surface area contributed by atoms with Crippen molar-refractivity contribution in [2.24, 2.45) is 0 Å². The van der Waals surface area contributed by atoms with E-state index in [4.69, 9.17) is 11.6 Å². The molecule has 1 amide bonds. The number of fused-ring (bicyclic) bond motifs is 4. The van der Waals surface area contributed by atoms with Crippen LogP contribution in [0.3, 0.4) is 0 Å². The summed E-state index contributed by atoms with van der Waals surface area (Å²) in [6, 6.07) is 5.88. The fraction of sp³-hybridized carbons (Fsp3) is 0.188. The molecule has 1 aliphatic rings. The van der Waals surface area contributed by atoms with E-state index in [0.29, 0.717) is 18.1 Å². The average Bonchev–Trinajstić information content (AvgIpc) is 3.20. The van der Waals surface area contributed by atoms with Crippen LogP contribution >= 0.6 is 22.9 Å². The van der Waals surface area contributed by atoms with Crippen molar-refractivity contribution in [1.29, 1.82) is 0 Å². The van der Waals surface area contributed by atoms with Gasteiger partial charge in [-0.1, -0.05) is 17.7 Å². The number of rotatable bonds is 1. The van der Waals surface area contributed by atoms with Gasteiger partial charge in [0, 0.05) is 24.2 Å². The summed E-state index contributed by atoms with van der Waals surface area (Å²) in [6.07, 6.45) is 4.24. The highest BCUT2D eigenvalue weighted by atomic mass is 35.5. The second kappa shape index (κ2) is 5.06. The maximum atomic E-state index is 12.3. The Hall–Kier alpha value is -2.38.